The first-order valence-electron chi connectivity index (χ1n) is 7.17. The summed E-state index contributed by atoms with van der Waals surface area (Å²) < 4.78 is 0. The molecule has 0 aromatic carbocycles. The number of likely N-dealkylation sites (N-methyl/N-ethyl adjacent to an activating group) is 1. The molecule has 1 aromatic heterocycles. The lowest BCUT2D eigenvalue weighted by atomic mass is 10.2. The van der Waals surface area contributed by atoms with Crippen LogP contribution >= 0.6 is 11.3 Å². The van der Waals surface area contributed by atoms with E-state index in [1.165, 1.54) is 25.7 Å². The van der Waals surface area contributed by atoms with Crippen molar-refractivity contribution in [1.29, 1.82) is 0 Å². The monoisotopic (exact) mass is 281 g/mol. The molecule has 0 radical (unpaired) electrons. The molecule has 0 spiro atoms. The lowest BCUT2D eigenvalue weighted by Crippen LogP contribution is -2.30. The molecular formula is C14H23N3OS. The summed E-state index contributed by atoms with van der Waals surface area (Å²) in [6, 6.07) is 0.716. The Morgan fingerprint density at radius 1 is 1.37 bits per heavy atom. The largest absolute Gasteiger partial charge is 0.392 e. The second kappa shape index (κ2) is 5.38. The highest BCUT2D eigenvalue weighted by atomic mass is 32.1. The van der Waals surface area contributed by atoms with Gasteiger partial charge in [-0.1, -0.05) is 0 Å². The minimum Gasteiger partial charge on any atom is -0.392 e. The minimum absolute atomic E-state index is 0.155. The van der Waals surface area contributed by atoms with Crippen molar-refractivity contribution in [2.45, 2.75) is 44.4 Å². The quantitative estimate of drug-likeness (QED) is 0.829. The average molecular weight is 281 g/mol. The maximum absolute atomic E-state index is 9.94. The average Bonchev–Trinajstić information content (AvgIpc) is 3.24. The predicted octanol–water partition coefficient (Wildman–Crippen LogP) is 1.94. The third-order valence-corrected chi connectivity index (χ3v) is 5.01. The van der Waals surface area contributed by atoms with E-state index in [4.69, 9.17) is 4.98 Å². The van der Waals surface area contributed by atoms with Crippen molar-refractivity contribution in [2.24, 2.45) is 5.92 Å². The van der Waals surface area contributed by atoms with Gasteiger partial charge in [0, 0.05) is 31.6 Å². The van der Waals surface area contributed by atoms with E-state index in [2.05, 4.69) is 29.3 Å². The SMILES string of the molecule is CN(Cc1csc(N(C)C2CC2)n1)CC(O)C1CC1. The van der Waals surface area contributed by atoms with E-state index >= 15 is 0 Å². The third-order valence-electron chi connectivity index (χ3n) is 4.03. The van der Waals surface area contributed by atoms with Gasteiger partial charge < -0.3 is 10.0 Å². The van der Waals surface area contributed by atoms with Crippen LogP contribution in [0.2, 0.25) is 0 Å². The fourth-order valence-electron chi connectivity index (χ4n) is 2.44. The Kier molecular flexibility index (Phi) is 3.78. The number of hydrogen-bond acceptors (Lipinski definition) is 5. The second-order valence-corrected chi connectivity index (χ2v) is 6.90. The maximum atomic E-state index is 9.94. The molecule has 1 unspecified atom stereocenters. The van der Waals surface area contributed by atoms with E-state index in [0.717, 1.165) is 23.9 Å². The Hall–Kier alpha value is -0.650. The minimum atomic E-state index is -0.155. The van der Waals surface area contributed by atoms with Gasteiger partial charge in [-0.25, -0.2) is 4.98 Å². The molecule has 19 heavy (non-hydrogen) atoms. The van der Waals surface area contributed by atoms with Gasteiger partial charge in [0.1, 0.15) is 0 Å². The van der Waals surface area contributed by atoms with Crippen molar-refractivity contribution in [3.8, 4) is 0 Å². The summed E-state index contributed by atoms with van der Waals surface area (Å²) in [5.74, 6) is 0.550. The molecule has 2 saturated carbocycles. The predicted molar refractivity (Wildman–Crippen MR) is 78.6 cm³/mol. The topological polar surface area (TPSA) is 39.6 Å². The molecule has 0 bridgehead atoms. The van der Waals surface area contributed by atoms with E-state index in [1.807, 2.05) is 0 Å². The van der Waals surface area contributed by atoms with Gasteiger partial charge in [-0.2, -0.15) is 0 Å². The van der Waals surface area contributed by atoms with Crippen LogP contribution in [0.4, 0.5) is 5.13 Å². The zero-order chi connectivity index (χ0) is 13.4. The fourth-order valence-corrected chi connectivity index (χ4v) is 3.29. The number of anilines is 1. The van der Waals surface area contributed by atoms with Crippen LogP contribution in [0.1, 0.15) is 31.4 Å². The molecule has 2 fully saturated rings. The number of thiazole rings is 1. The zero-order valence-corrected chi connectivity index (χ0v) is 12.6. The van der Waals surface area contributed by atoms with Gasteiger partial charge in [0.15, 0.2) is 5.13 Å². The molecule has 0 amide bonds. The molecule has 2 aliphatic carbocycles. The van der Waals surface area contributed by atoms with E-state index in [-0.39, 0.29) is 6.10 Å². The molecule has 4 nitrogen and oxygen atoms in total. The summed E-state index contributed by atoms with van der Waals surface area (Å²) in [6.45, 7) is 1.59. The number of aromatic nitrogens is 1. The van der Waals surface area contributed by atoms with Gasteiger partial charge in [-0.3, -0.25) is 4.90 Å². The first kappa shape index (κ1) is 13.3. The summed E-state index contributed by atoms with van der Waals surface area (Å²) in [4.78, 5) is 9.18. The van der Waals surface area contributed by atoms with Crippen molar-refractivity contribution in [3.05, 3.63) is 11.1 Å². The molecular weight excluding hydrogens is 258 g/mol. The Morgan fingerprint density at radius 3 is 2.74 bits per heavy atom. The van der Waals surface area contributed by atoms with E-state index < -0.39 is 0 Å². The number of rotatable bonds is 7. The molecule has 0 aliphatic heterocycles. The first-order valence-corrected chi connectivity index (χ1v) is 8.05. The van der Waals surface area contributed by atoms with Gasteiger partial charge in [-0.05, 0) is 38.6 Å². The van der Waals surface area contributed by atoms with E-state index in [1.54, 1.807) is 11.3 Å². The van der Waals surface area contributed by atoms with Crippen LogP contribution < -0.4 is 4.90 Å². The van der Waals surface area contributed by atoms with Crippen LogP contribution in [0.15, 0.2) is 5.38 Å². The van der Waals surface area contributed by atoms with Crippen LogP contribution in [-0.2, 0) is 6.54 Å². The van der Waals surface area contributed by atoms with Gasteiger partial charge in [0.05, 0.1) is 11.8 Å². The van der Waals surface area contributed by atoms with Crippen molar-refractivity contribution in [2.75, 3.05) is 25.5 Å². The highest BCUT2D eigenvalue weighted by Gasteiger charge is 2.30. The Bertz CT molecular complexity index is 428. The van der Waals surface area contributed by atoms with Crippen molar-refractivity contribution >= 4 is 16.5 Å². The number of nitrogens with zero attached hydrogens (tertiary/aromatic N) is 3. The van der Waals surface area contributed by atoms with Gasteiger partial charge >= 0.3 is 0 Å². The lowest BCUT2D eigenvalue weighted by Gasteiger charge is -2.19. The molecule has 5 heteroatoms. The summed E-state index contributed by atoms with van der Waals surface area (Å²) in [6.07, 6.45) is 4.85. The molecule has 0 saturated heterocycles. The highest BCUT2D eigenvalue weighted by molar-refractivity contribution is 7.13. The number of aliphatic hydroxyl groups excluding tert-OH is 1. The highest BCUT2D eigenvalue weighted by Crippen LogP contribution is 2.33. The summed E-state index contributed by atoms with van der Waals surface area (Å²) in [5.41, 5.74) is 1.12. The summed E-state index contributed by atoms with van der Waals surface area (Å²) in [5, 5.41) is 13.2. The van der Waals surface area contributed by atoms with Crippen LogP contribution in [0.25, 0.3) is 0 Å². The maximum Gasteiger partial charge on any atom is 0.185 e. The molecule has 106 valence electrons. The van der Waals surface area contributed by atoms with Crippen molar-refractivity contribution in [1.82, 2.24) is 9.88 Å². The molecule has 2 aliphatic rings. The second-order valence-electron chi connectivity index (χ2n) is 6.07. The van der Waals surface area contributed by atoms with E-state index in [9.17, 15) is 5.11 Å². The number of aliphatic hydroxyl groups is 1. The summed E-state index contributed by atoms with van der Waals surface area (Å²) >= 11 is 1.73. The zero-order valence-electron chi connectivity index (χ0n) is 11.7. The summed E-state index contributed by atoms with van der Waals surface area (Å²) in [7, 11) is 4.20. The van der Waals surface area contributed by atoms with Gasteiger partial charge in [-0.15, -0.1) is 11.3 Å². The molecule has 1 atom stereocenters. The Morgan fingerprint density at radius 2 is 2.11 bits per heavy atom. The first-order chi connectivity index (χ1) is 9.13. The van der Waals surface area contributed by atoms with Crippen LogP contribution in [0.3, 0.4) is 0 Å². The molecule has 1 N–H and O–H groups in total. The fraction of sp³-hybridized carbons (Fsp3) is 0.786. The van der Waals surface area contributed by atoms with Gasteiger partial charge in [0.2, 0.25) is 0 Å². The third kappa shape index (κ3) is 3.46. The molecule has 1 heterocycles. The Labute approximate surface area is 119 Å². The van der Waals surface area contributed by atoms with Crippen LogP contribution in [0, 0.1) is 5.92 Å². The van der Waals surface area contributed by atoms with Crippen LogP contribution in [0.5, 0.6) is 0 Å². The van der Waals surface area contributed by atoms with E-state index in [0.29, 0.717) is 12.0 Å². The van der Waals surface area contributed by atoms with Crippen LogP contribution in [-0.4, -0.2) is 47.8 Å². The molecule has 3 rings (SSSR count). The number of hydrogen-bond donors (Lipinski definition) is 1. The standard InChI is InChI=1S/C14H23N3OS/c1-16(8-13(18)10-3-4-10)7-11-9-19-14(15-11)17(2)12-5-6-12/h9-10,12-13,18H,3-8H2,1-2H3. The Balaban J connectivity index is 1.51. The normalized spacial score (nSPS) is 20.8. The lowest BCUT2D eigenvalue weighted by molar-refractivity contribution is 0.104. The molecule has 1 aromatic rings. The van der Waals surface area contributed by atoms with Crippen molar-refractivity contribution < 1.29 is 5.11 Å². The smallest absolute Gasteiger partial charge is 0.185 e. The van der Waals surface area contributed by atoms with Crippen molar-refractivity contribution in [3.63, 3.8) is 0 Å². The van der Waals surface area contributed by atoms with Gasteiger partial charge in [0.25, 0.3) is 0 Å².